The molecule has 3 aliphatic rings. The predicted octanol–water partition coefficient (Wildman–Crippen LogP) is 5.13. The van der Waals surface area contributed by atoms with Crippen LogP contribution in [0.3, 0.4) is 0 Å². The molecular formula is C28H28F2N6O. The van der Waals surface area contributed by atoms with Gasteiger partial charge in [0.1, 0.15) is 17.5 Å². The van der Waals surface area contributed by atoms with E-state index in [1.54, 1.807) is 0 Å². The third-order valence-corrected chi connectivity index (χ3v) is 7.90. The van der Waals surface area contributed by atoms with E-state index >= 15 is 4.39 Å². The van der Waals surface area contributed by atoms with Crippen molar-refractivity contribution >= 4 is 11.0 Å². The minimum Gasteiger partial charge on any atom is -0.373 e. The predicted molar refractivity (Wildman–Crippen MR) is 134 cm³/mol. The molecule has 2 atom stereocenters. The number of halogens is 2. The second-order valence-corrected chi connectivity index (χ2v) is 10.5. The molecule has 7 nitrogen and oxygen atoms in total. The van der Waals surface area contributed by atoms with Crippen molar-refractivity contribution in [3.63, 3.8) is 0 Å². The van der Waals surface area contributed by atoms with Crippen molar-refractivity contribution in [2.45, 2.75) is 56.6 Å². The van der Waals surface area contributed by atoms with Crippen LogP contribution in [0.15, 0.2) is 36.7 Å². The first-order valence-corrected chi connectivity index (χ1v) is 13.0. The molecule has 3 fully saturated rings. The Labute approximate surface area is 213 Å². The number of fused-ring (bicyclic) bond motifs is 1. The summed E-state index contributed by atoms with van der Waals surface area (Å²) in [6.07, 6.45) is 7.70. The lowest BCUT2D eigenvalue weighted by molar-refractivity contribution is 0.00396. The van der Waals surface area contributed by atoms with Crippen molar-refractivity contribution in [2.75, 3.05) is 19.7 Å². The Balaban J connectivity index is 1.30. The Morgan fingerprint density at radius 1 is 1.03 bits per heavy atom. The zero-order valence-corrected chi connectivity index (χ0v) is 20.6. The lowest BCUT2D eigenvalue weighted by atomic mass is 9.90. The molecule has 2 saturated heterocycles. The highest BCUT2D eigenvalue weighted by molar-refractivity contribution is 5.91. The van der Waals surface area contributed by atoms with Gasteiger partial charge >= 0.3 is 0 Å². The average Bonchev–Trinajstić information content (AvgIpc) is 3.59. The van der Waals surface area contributed by atoms with Crippen LogP contribution < -0.4 is 5.32 Å². The van der Waals surface area contributed by atoms with Crippen molar-refractivity contribution < 1.29 is 13.5 Å². The van der Waals surface area contributed by atoms with Gasteiger partial charge in [0.25, 0.3) is 0 Å². The monoisotopic (exact) mass is 502 g/mol. The summed E-state index contributed by atoms with van der Waals surface area (Å²) in [4.78, 5) is 14.7. The Hall–Kier alpha value is -3.30. The van der Waals surface area contributed by atoms with Gasteiger partial charge in [-0.2, -0.15) is 5.10 Å². The lowest BCUT2D eigenvalue weighted by Crippen LogP contribution is -2.40. The summed E-state index contributed by atoms with van der Waals surface area (Å²) in [6.45, 7) is 4.34. The number of ether oxygens (including phenoxy) is 1. The largest absolute Gasteiger partial charge is 0.373 e. The van der Waals surface area contributed by atoms with Gasteiger partial charge in [-0.05, 0) is 56.4 Å². The van der Waals surface area contributed by atoms with Gasteiger partial charge in [-0.25, -0.2) is 23.7 Å². The van der Waals surface area contributed by atoms with Gasteiger partial charge in [-0.3, -0.25) is 4.68 Å². The van der Waals surface area contributed by atoms with Gasteiger partial charge in [-0.15, -0.1) is 0 Å². The molecule has 190 valence electrons. The molecule has 0 radical (unpaired) electrons. The van der Waals surface area contributed by atoms with Gasteiger partial charge in [0, 0.05) is 66.0 Å². The molecule has 37 heavy (non-hydrogen) atoms. The first-order chi connectivity index (χ1) is 18.0. The molecule has 5 heterocycles. The van der Waals surface area contributed by atoms with E-state index in [9.17, 15) is 4.39 Å². The molecule has 0 spiro atoms. The van der Waals surface area contributed by atoms with E-state index in [-0.39, 0.29) is 17.6 Å². The third kappa shape index (κ3) is 4.20. The number of aryl methyl sites for hydroxylation is 1. The number of hydrogen-bond donors (Lipinski definition) is 1. The van der Waals surface area contributed by atoms with E-state index in [0.717, 1.165) is 42.4 Å². The van der Waals surface area contributed by atoms with E-state index in [1.807, 2.05) is 23.9 Å². The number of benzene rings is 1. The minimum absolute atomic E-state index is 0.0206. The maximum absolute atomic E-state index is 15.0. The number of pyridine rings is 1. The van der Waals surface area contributed by atoms with E-state index in [2.05, 4.69) is 16.6 Å². The number of nitrogens with one attached hydrogen (secondary N) is 1. The summed E-state index contributed by atoms with van der Waals surface area (Å²) in [5.74, 6) is -0.258. The fourth-order valence-corrected chi connectivity index (χ4v) is 5.49. The van der Waals surface area contributed by atoms with E-state index in [1.165, 1.54) is 25.0 Å². The lowest BCUT2D eigenvalue weighted by Gasteiger charge is -2.29. The standard InChI is InChI=1S/C28H28F2N6O/c1-15-22(17-11-31-12-17)10-23-26(21-5-2-19(29)9-24(21)30)34-27(35-28(23)33-15)16-6-7-37-25(8-16)18-13-32-36(14-18)20-3-4-20/h2,5,9-10,13-14,16-17,20,25,31H,3-4,6-8,11-12H2,1H3/t16-,25-/m1/s1. The fourth-order valence-electron chi connectivity index (χ4n) is 5.49. The smallest absolute Gasteiger partial charge is 0.163 e. The molecule has 3 aromatic heterocycles. The molecule has 1 aromatic carbocycles. The van der Waals surface area contributed by atoms with Gasteiger partial charge in [0.15, 0.2) is 5.65 Å². The Kier molecular flexibility index (Phi) is 5.51. The number of rotatable bonds is 5. The van der Waals surface area contributed by atoms with Crippen molar-refractivity contribution in [2.24, 2.45) is 0 Å². The summed E-state index contributed by atoms with van der Waals surface area (Å²) < 4.78 is 37.0. The molecule has 2 aliphatic heterocycles. The topological polar surface area (TPSA) is 77.8 Å². The molecule has 1 N–H and O–H groups in total. The average molecular weight is 503 g/mol. The summed E-state index contributed by atoms with van der Waals surface area (Å²) in [5, 5.41) is 8.51. The zero-order valence-electron chi connectivity index (χ0n) is 20.6. The summed E-state index contributed by atoms with van der Waals surface area (Å²) in [5.41, 5.74) is 4.37. The van der Waals surface area contributed by atoms with Crippen LogP contribution in [0.25, 0.3) is 22.3 Å². The molecule has 9 heteroatoms. The molecule has 0 unspecified atom stereocenters. The van der Waals surface area contributed by atoms with Gasteiger partial charge in [0.05, 0.1) is 24.0 Å². The summed E-state index contributed by atoms with van der Waals surface area (Å²) in [6, 6.07) is 6.19. The SMILES string of the molecule is Cc1nc2nc([C@@H]3CCO[C@@H](c4cnn(C5CC5)c4)C3)nc(-c3ccc(F)cc3F)c2cc1C1CNC1. The second kappa shape index (κ2) is 8.92. The van der Waals surface area contributed by atoms with Crippen LogP contribution in [-0.2, 0) is 4.74 Å². The highest BCUT2D eigenvalue weighted by atomic mass is 19.1. The van der Waals surface area contributed by atoms with E-state index in [0.29, 0.717) is 47.5 Å². The number of nitrogens with zero attached hydrogens (tertiary/aromatic N) is 5. The number of aromatic nitrogens is 5. The fraction of sp³-hybridized carbons (Fsp3) is 0.429. The number of hydrogen-bond acceptors (Lipinski definition) is 6. The van der Waals surface area contributed by atoms with Crippen LogP contribution in [0.2, 0.25) is 0 Å². The molecule has 7 rings (SSSR count). The van der Waals surface area contributed by atoms with Crippen LogP contribution in [-0.4, -0.2) is 44.4 Å². The van der Waals surface area contributed by atoms with Crippen LogP contribution in [0.5, 0.6) is 0 Å². The normalized spacial score (nSPS) is 22.4. The van der Waals surface area contributed by atoms with Gasteiger partial charge < -0.3 is 10.1 Å². The highest BCUT2D eigenvalue weighted by Crippen LogP contribution is 2.40. The van der Waals surface area contributed by atoms with Crippen LogP contribution in [0.4, 0.5) is 8.78 Å². The van der Waals surface area contributed by atoms with Gasteiger partial charge in [-0.1, -0.05) is 0 Å². The Bertz CT molecular complexity index is 1500. The first-order valence-electron chi connectivity index (χ1n) is 13.0. The van der Waals surface area contributed by atoms with Crippen LogP contribution >= 0.6 is 0 Å². The third-order valence-electron chi connectivity index (χ3n) is 7.90. The van der Waals surface area contributed by atoms with E-state index in [4.69, 9.17) is 19.7 Å². The molecule has 4 aromatic rings. The molecule has 1 aliphatic carbocycles. The summed E-state index contributed by atoms with van der Waals surface area (Å²) >= 11 is 0. The molecule has 1 saturated carbocycles. The maximum atomic E-state index is 15.0. The molecule has 0 amide bonds. The molecular weight excluding hydrogens is 474 g/mol. The minimum atomic E-state index is -0.643. The zero-order chi connectivity index (χ0) is 25.1. The van der Waals surface area contributed by atoms with Crippen LogP contribution in [0, 0.1) is 18.6 Å². The highest BCUT2D eigenvalue weighted by Gasteiger charge is 2.31. The molecule has 0 bridgehead atoms. The quantitative estimate of drug-likeness (QED) is 0.408. The van der Waals surface area contributed by atoms with E-state index < -0.39 is 11.6 Å². The summed E-state index contributed by atoms with van der Waals surface area (Å²) in [7, 11) is 0. The van der Waals surface area contributed by atoms with Crippen molar-refractivity contribution in [3.8, 4) is 11.3 Å². The maximum Gasteiger partial charge on any atom is 0.163 e. The van der Waals surface area contributed by atoms with Crippen molar-refractivity contribution in [1.82, 2.24) is 30.0 Å². The van der Waals surface area contributed by atoms with Gasteiger partial charge in [0.2, 0.25) is 0 Å². The first kappa shape index (κ1) is 22.9. The van der Waals surface area contributed by atoms with Crippen molar-refractivity contribution in [1.29, 1.82) is 0 Å². The Morgan fingerprint density at radius 2 is 1.89 bits per heavy atom. The van der Waals surface area contributed by atoms with Crippen LogP contribution in [0.1, 0.15) is 72.3 Å². The van der Waals surface area contributed by atoms with Crippen molar-refractivity contribution in [3.05, 3.63) is 70.9 Å². The second-order valence-electron chi connectivity index (χ2n) is 10.5. The Morgan fingerprint density at radius 3 is 2.65 bits per heavy atom.